The highest BCUT2D eigenvalue weighted by Crippen LogP contribution is 2.30. The Morgan fingerprint density at radius 3 is 2.05 bits per heavy atom. The molecule has 0 saturated carbocycles. The number of ketones is 2. The van der Waals surface area contributed by atoms with Gasteiger partial charge in [0.2, 0.25) is 0 Å². The monoisotopic (exact) mass is 295 g/mol. The van der Waals surface area contributed by atoms with Gasteiger partial charge in [0.15, 0.2) is 11.6 Å². The minimum absolute atomic E-state index is 0.0177. The highest BCUT2D eigenvalue weighted by atomic mass is 16.4. The molecule has 5 nitrogen and oxygen atoms in total. The number of carboxylic acid groups (broad SMARTS) is 1. The average Bonchev–Trinajstić information content (AvgIpc) is 2.78. The summed E-state index contributed by atoms with van der Waals surface area (Å²) in [7, 11) is 0. The van der Waals surface area contributed by atoms with Crippen molar-refractivity contribution in [3.05, 3.63) is 71.1 Å². The van der Waals surface area contributed by atoms with E-state index >= 15 is 0 Å². The van der Waals surface area contributed by atoms with Gasteiger partial charge in [0.1, 0.15) is 0 Å². The first-order valence-electron chi connectivity index (χ1n) is 6.84. The topological polar surface area (TPSA) is 74.7 Å². The van der Waals surface area contributed by atoms with Crippen LogP contribution in [0.1, 0.15) is 27.1 Å². The summed E-state index contributed by atoms with van der Waals surface area (Å²) in [6.07, 6.45) is 6.70. The van der Waals surface area contributed by atoms with Crippen LogP contribution in [-0.2, 0) is 4.79 Å². The third-order valence-electron chi connectivity index (χ3n) is 3.63. The van der Waals surface area contributed by atoms with Crippen LogP contribution in [0.3, 0.4) is 0 Å². The van der Waals surface area contributed by atoms with Crippen molar-refractivity contribution in [1.82, 2.24) is 4.90 Å². The van der Waals surface area contributed by atoms with Crippen molar-refractivity contribution in [1.29, 1.82) is 0 Å². The predicted molar refractivity (Wildman–Crippen MR) is 79.4 cm³/mol. The van der Waals surface area contributed by atoms with Gasteiger partial charge in [0.25, 0.3) is 0 Å². The number of carbonyl (C=O) groups excluding carboxylic acids is 2. The fourth-order valence-corrected chi connectivity index (χ4v) is 2.51. The van der Waals surface area contributed by atoms with E-state index in [4.69, 9.17) is 5.11 Å². The number of aliphatic carboxylic acids is 1. The number of nitrogens with zero attached hydrogens (tertiary/aromatic N) is 1. The number of carbonyl (C=O) groups is 3. The van der Waals surface area contributed by atoms with Crippen LogP contribution in [0.15, 0.2) is 60.0 Å². The molecule has 0 saturated heterocycles. The van der Waals surface area contributed by atoms with Gasteiger partial charge in [-0.25, -0.2) is 0 Å². The van der Waals surface area contributed by atoms with E-state index in [1.165, 1.54) is 0 Å². The van der Waals surface area contributed by atoms with Gasteiger partial charge in [-0.15, -0.1) is 0 Å². The summed E-state index contributed by atoms with van der Waals surface area (Å²) in [5.74, 6) is -1.39. The second kappa shape index (κ2) is 5.44. The van der Waals surface area contributed by atoms with E-state index in [0.29, 0.717) is 23.2 Å². The van der Waals surface area contributed by atoms with Crippen molar-refractivity contribution >= 4 is 17.5 Å². The van der Waals surface area contributed by atoms with E-state index < -0.39 is 5.97 Å². The SMILES string of the molecule is O=C(O)CCN1C=CC(=C2C(=O)c3ccccc3C2=O)C=C1. The normalized spacial score (nSPS) is 16.5. The van der Waals surface area contributed by atoms with Crippen molar-refractivity contribution in [3.63, 3.8) is 0 Å². The van der Waals surface area contributed by atoms with Gasteiger partial charge in [0.05, 0.1) is 12.0 Å². The Labute approximate surface area is 126 Å². The van der Waals surface area contributed by atoms with Crippen LogP contribution in [-0.4, -0.2) is 34.1 Å². The van der Waals surface area contributed by atoms with E-state index in [-0.39, 0.29) is 23.6 Å². The van der Waals surface area contributed by atoms with E-state index in [1.54, 1.807) is 53.7 Å². The first-order chi connectivity index (χ1) is 10.6. The Kier molecular flexibility index (Phi) is 3.47. The molecule has 0 bridgehead atoms. The Balaban J connectivity index is 1.87. The van der Waals surface area contributed by atoms with Crippen molar-refractivity contribution < 1.29 is 19.5 Å². The summed E-state index contributed by atoms with van der Waals surface area (Å²) in [6.45, 7) is 0.340. The molecule has 3 rings (SSSR count). The number of hydrogen-bond acceptors (Lipinski definition) is 4. The predicted octanol–water partition coefficient (Wildman–Crippen LogP) is 2.18. The molecule has 1 aliphatic heterocycles. The van der Waals surface area contributed by atoms with E-state index in [0.717, 1.165) is 0 Å². The molecule has 22 heavy (non-hydrogen) atoms. The van der Waals surface area contributed by atoms with Gasteiger partial charge in [-0.3, -0.25) is 14.4 Å². The number of rotatable bonds is 3. The molecule has 0 atom stereocenters. The van der Waals surface area contributed by atoms with E-state index in [9.17, 15) is 14.4 Å². The molecular weight excluding hydrogens is 282 g/mol. The summed E-state index contributed by atoms with van der Waals surface area (Å²) < 4.78 is 0. The van der Waals surface area contributed by atoms with Gasteiger partial charge < -0.3 is 10.0 Å². The van der Waals surface area contributed by atoms with E-state index in [1.807, 2.05) is 0 Å². The maximum atomic E-state index is 12.4. The number of Topliss-reactive ketones (excluding diaryl/α,β-unsaturated/α-hetero) is 2. The first-order valence-corrected chi connectivity index (χ1v) is 6.84. The number of benzene rings is 1. The zero-order chi connectivity index (χ0) is 15.7. The second-order valence-electron chi connectivity index (χ2n) is 5.05. The van der Waals surface area contributed by atoms with Crippen molar-refractivity contribution in [2.45, 2.75) is 6.42 Å². The fraction of sp³-hybridized carbons (Fsp3) is 0.118. The molecule has 1 aromatic rings. The van der Waals surface area contributed by atoms with Gasteiger partial charge in [0, 0.05) is 30.1 Å². The lowest BCUT2D eigenvalue weighted by Gasteiger charge is -2.18. The number of fused-ring (bicyclic) bond motifs is 1. The molecule has 1 aliphatic carbocycles. The summed E-state index contributed by atoms with van der Waals surface area (Å²) in [4.78, 5) is 37.0. The second-order valence-corrected chi connectivity index (χ2v) is 5.05. The molecule has 0 aromatic heterocycles. The Hall–Kier alpha value is -2.95. The molecule has 5 heteroatoms. The van der Waals surface area contributed by atoms with Crippen molar-refractivity contribution in [3.8, 4) is 0 Å². The van der Waals surface area contributed by atoms with Crippen LogP contribution in [0.5, 0.6) is 0 Å². The minimum atomic E-state index is -0.873. The quantitative estimate of drug-likeness (QED) is 0.683. The molecule has 1 N–H and O–H groups in total. The lowest BCUT2D eigenvalue weighted by Crippen LogP contribution is -2.17. The van der Waals surface area contributed by atoms with Gasteiger partial charge >= 0.3 is 5.97 Å². The maximum absolute atomic E-state index is 12.4. The van der Waals surface area contributed by atoms with Gasteiger partial charge in [-0.05, 0) is 17.7 Å². The average molecular weight is 295 g/mol. The van der Waals surface area contributed by atoms with Gasteiger partial charge in [-0.2, -0.15) is 0 Å². The van der Waals surface area contributed by atoms with Crippen LogP contribution in [0.4, 0.5) is 0 Å². The highest BCUT2D eigenvalue weighted by molar-refractivity contribution is 6.40. The first kappa shape index (κ1) is 14.0. The number of hydrogen-bond donors (Lipinski definition) is 1. The van der Waals surface area contributed by atoms with Crippen LogP contribution in [0.25, 0.3) is 0 Å². The molecule has 1 aromatic carbocycles. The summed E-state index contributed by atoms with van der Waals surface area (Å²) in [6, 6.07) is 6.77. The molecule has 0 radical (unpaired) electrons. The Bertz CT molecular complexity index is 718. The summed E-state index contributed by atoms with van der Waals surface area (Å²) in [5.41, 5.74) is 1.60. The third-order valence-corrected chi connectivity index (χ3v) is 3.63. The molecule has 2 aliphatic rings. The standard InChI is InChI=1S/C17H13NO4/c19-14(20)7-10-18-8-5-11(6-9-18)15-16(21)12-3-1-2-4-13(12)17(15)22/h1-6,8-9H,7,10H2,(H,19,20). The fourth-order valence-electron chi connectivity index (χ4n) is 2.51. The molecule has 0 unspecified atom stereocenters. The van der Waals surface area contributed by atoms with Crippen molar-refractivity contribution in [2.24, 2.45) is 0 Å². The van der Waals surface area contributed by atoms with Crippen LogP contribution < -0.4 is 0 Å². The maximum Gasteiger partial charge on any atom is 0.305 e. The lowest BCUT2D eigenvalue weighted by atomic mass is 10.0. The molecule has 0 fully saturated rings. The molecular formula is C17H13NO4. The van der Waals surface area contributed by atoms with E-state index in [2.05, 4.69) is 0 Å². The Morgan fingerprint density at radius 1 is 1.00 bits per heavy atom. The largest absolute Gasteiger partial charge is 0.481 e. The van der Waals surface area contributed by atoms with Crippen LogP contribution in [0.2, 0.25) is 0 Å². The van der Waals surface area contributed by atoms with Crippen molar-refractivity contribution in [2.75, 3.05) is 6.54 Å². The molecule has 0 spiro atoms. The Morgan fingerprint density at radius 2 is 1.55 bits per heavy atom. The molecule has 110 valence electrons. The molecule has 0 amide bonds. The smallest absolute Gasteiger partial charge is 0.305 e. The number of carboxylic acids is 1. The highest BCUT2D eigenvalue weighted by Gasteiger charge is 2.34. The molecule has 1 heterocycles. The third kappa shape index (κ3) is 2.37. The van der Waals surface area contributed by atoms with Crippen LogP contribution >= 0.6 is 0 Å². The minimum Gasteiger partial charge on any atom is -0.481 e. The summed E-state index contributed by atoms with van der Waals surface area (Å²) in [5, 5.41) is 8.66. The van der Waals surface area contributed by atoms with Crippen LogP contribution in [0, 0.1) is 0 Å². The summed E-state index contributed by atoms with van der Waals surface area (Å²) >= 11 is 0. The lowest BCUT2D eigenvalue weighted by molar-refractivity contribution is -0.137. The zero-order valence-corrected chi connectivity index (χ0v) is 11.7. The zero-order valence-electron chi connectivity index (χ0n) is 11.7. The van der Waals surface area contributed by atoms with Gasteiger partial charge in [-0.1, -0.05) is 24.3 Å². The number of allylic oxidation sites excluding steroid dienone is 4.